The molecule has 0 spiro atoms. The number of carbonyl (C=O) groups is 2. The number of nitrogens with zero attached hydrogens (tertiary/aromatic N) is 2. The number of para-hydroxylation sites is 1. The molecular formula is C20H18N4O3. The maximum Gasteiger partial charge on any atom is 0.361 e. The summed E-state index contributed by atoms with van der Waals surface area (Å²) in [5.41, 5.74) is 7.93. The summed E-state index contributed by atoms with van der Waals surface area (Å²) in [5, 5.41) is 2.80. The lowest BCUT2D eigenvalue weighted by Gasteiger charge is -2.16. The fourth-order valence-corrected chi connectivity index (χ4v) is 2.47. The number of anilines is 2. The van der Waals surface area contributed by atoms with Crippen LogP contribution in [0.25, 0.3) is 11.1 Å². The topological polar surface area (TPSA) is 107 Å². The zero-order valence-corrected chi connectivity index (χ0v) is 14.6. The van der Waals surface area contributed by atoms with Crippen LogP contribution in [0.15, 0.2) is 67.0 Å². The van der Waals surface area contributed by atoms with Crippen LogP contribution in [0.3, 0.4) is 0 Å². The van der Waals surface area contributed by atoms with Gasteiger partial charge in [-0.25, -0.2) is 14.8 Å². The van der Waals surface area contributed by atoms with E-state index in [0.29, 0.717) is 5.69 Å². The first kappa shape index (κ1) is 18.1. The zero-order valence-electron chi connectivity index (χ0n) is 14.6. The molecule has 27 heavy (non-hydrogen) atoms. The summed E-state index contributed by atoms with van der Waals surface area (Å²) >= 11 is 0. The number of hydrogen-bond acceptors (Lipinski definition) is 6. The van der Waals surface area contributed by atoms with Crippen LogP contribution in [-0.4, -0.2) is 27.9 Å². The van der Waals surface area contributed by atoms with Crippen LogP contribution >= 0.6 is 0 Å². The molecule has 3 rings (SSSR count). The van der Waals surface area contributed by atoms with Crippen LogP contribution in [0.1, 0.15) is 17.4 Å². The number of amides is 1. The first-order valence-electron chi connectivity index (χ1n) is 8.29. The fraction of sp³-hybridized carbons (Fsp3) is 0.100. The smallest absolute Gasteiger partial charge is 0.361 e. The van der Waals surface area contributed by atoms with Gasteiger partial charge in [-0.15, -0.1) is 0 Å². The maximum atomic E-state index is 12.5. The minimum absolute atomic E-state index is 0.0514. The highest BCUT2D eigenvalue weighted by atomic mass is 16.5. The second kappa shape index (κ2) is 8.09. The predicted molar refractivity (Wildman–Crippen MR) is 102 cm³/mol. The van der Waals surface area contributed by atoms with Gasteiger partial charge in [-0.1, -0.05) is 48.5 Å². The average molecular weight is 362 g/mol. The number of aromatic nitrogens is 2. The maximum absolute atomic E-state index is 12.5. The molecule has 0 unspecified atom stereocenters. The van der Waals surface area contributed by atoms with Gasteiger partial charge in [0.25, 0.3) is 5.91 Å². The van der Waals surface area contributed by atoms with Gasteiger partial charge in [0, 0.05) is 23.6 Å². The Morgan fingerprint density at radius 1 is 1.00 bits per heavy atom. The van der Waals surface area contributed by atoms with E-state index in [9.17, 15) is 9.59 Å². The van der Waals surface area contributed by atoms with Crippen molar-refractivity contribution in [2.24, 2.45) is 0 Å². The number of nitrogens with two attached hydrogens (primary N) is 1. The molecule has 0 aliphatic rings. The quantitative estimate of drug-likeness (QED) is 0.676. The number of nitrogen functional groups attached to an aromatic ring is 1. The second-order valence-electron chi connectivity index (χ2n) is 5.74. The Balaban J connectivity index is 1.73. The number of benzene rings is 2. The highest BCUT2D eigenvalue weighted by molar-refractivity contribution is 6.00. The largest absolute Gasteiger partial charge is 0.448 e. The molecule has 3 N–H and O–H groups in total. The summed E-state index contributed by atoms with van der Waals surface area (Å²) in [7, 11) is 0. The number of hydrogen-bond donors (Lipinski definition) is 2. The minimum Gasteiger partial charge on any atom is -0.448 e. The molecule has 3 aromatic rings. The van der Waals surface area contributed by atoms with Gasteiger partial charge in [-0.05, 0) is 18.6 Å². The van der Waals surface area contributed by atoms with E-state index < -0.39 is 18.0 Å². The Morgan fingerprint density at radius 2 is 1.67 bits per heavy atom. The molecule has 0 radical (unpaired) electrons. The molecule has 0 fully saturated rings. The van der Waals surface area contributed by atoms with E-state index in [1.165, 1.54) is 19.3 Å². The molecule has 0 bridgehead atoms. The third-order valence-electron chi connectivity index (χ3n) is 3.84. The van der Waals surface area contributed by atoms with Crippen LogP contribution in [0.4, 0.5) is 11.5 Å². The first-order valence-corrected chi connectivity index (χ1v) is 8.29. The van der Waals surface area contributed by atoms with Gasteiger partial charge >= 0.3 is 5.97 Å². The average Bonchev–Trinajstić information content (AvgIpc) is 2.69. The van der Waals surface area contributed by atoms with Crippen molar-refractivity contribution in [3.63, 3.8) is 0 Å². The number of carbonyl (C=O) groups excluding carboxylic acids is 2. The van der Waals surface area contributed by atoms with Gasteiger partial charge in [0.1, 0.15) is 0 Å². The lowest BCUT2D eigenvalue weighted by molar-refractivity contribution is -0.123. The summed E-state index contributed by atoms with van der Waals surface area (Å²) in [4.78, 5) is 32.2. The zero-order chi connectivity index (χ0) is 19.2. The molecule has 7 heteroatoms. The van der Waals surface area contributed by atoms with Crippen molar-refractivity contribution in [1.82, 2.24) is 9.97 Å². The minimum atomic E-state index is -1.04. The van der Waals surface area contributed by atoms with E-state index in [-0.39, 0.29) is 11.5 Å². The number of nitrogens with one attached hydrogen (secondary N) is 1. The molecule has 0 aliphatic carbocycles. The van der Waals surface area contributed by atoms with E-state index >= 15 is 0 Å². The van der Waals surface area contributed by atoms with Crippen molar-refractivity contribution in [2.75, 3.05) is 11.1 Å². The van der Waals surface area contributed by atoms with Gasteiger partial charge in [0.05, 0.1) is 0 Å². The van der Waals surface area contributed by atoms with Crippen molar-refractivity contribution in [3.8, 4) is 11.1 Å². The first-order chi connectivity index (χ1) is 13.1. The Kier molecular flexibility index (Phi) is 5.41. The summed E-state index contributed by atoms with van der Waals surface area (Å²) < 4.78 is 5.16. The molecule has 1 heterocycles. The van der Waals surface area contributed by atoms with Crippen LogP contribution in [0.2, 0.25) is 0 Å². The number of ether oxygens (including phenoxy) is 1. The SMILES string of the molecule is C[C@@H](OC(=O)c1nccnc1N)C(=O)Nc1ccccc1-c1ccccc1. The molecule has 2 aromatic carbocycles. The lowest BCUT2D eigenvalue weighted by atomic mass is 10.0. The van der Waals surface area contributed by atoms with Gasteiger partial charge < -0.3 is 15.8 Å². The van der Waals surface area contributed by atoms with E-state index in [1.54, 1.807) is 6.07 Å². The van der Waals surface area contributed by atoms with E-state index in [2.05, 4.69) is 15.3 Å². The summed E-state index contributed by atoms with van der Waals surface area (Å²) in [6.45, 7) is 1.48. The highest BCUT2D eigenvalue weighted by Crippen LogP contribution is 2.27. The third kappa shape index (κ3) is 4.27. The normalized spacial score (nSPS) is 11.4. The second-order valence-corrected chi connectivity index (χ2v) is 5.74. The Hall–Kier alpha value is -3.74. The Labute approximate surface area is 156 Å². The molecular weight excluding hydrogens is 344 g/mol. The lowest BCUT2D eigenvalue weighted by Crippen LogP contribution is -2.30. The van der Waals surface area contributed by atoms with E-state index in [1.807, 2.05) is 48.5 Å². The molecule has 136 valence electrons. The number of rotatable bonds is 5. The van der Waals surface area contributed by atoms with Crippen molar-refractivity contribution >= 4 is 23.4 Å². The summed E-state index contributed by atoms with van der Waals surface area (Å²) in [6, 6.07) is 17.1. The Bertz CT molecular complexity index is 960. The standard InChI is InChI=1S/C20H18N4O3/c1-13(27-20(26)17-18(21)23-12-11-22-17)19(25)24-16-10-6-5-9-15(16)14-7-3-2-4-8-14/h2-13H,1H3,(H2,21,23)(H,24,25)/t13-/m1/s1. The molecule has 0 aliphatic heterocycles. The molecule has 0 saturated carbocycles. The van der Waals surface area contributed by atoms with E-state index in [4.69, 9.17) is 10.5 Å². The van der Waals surface area contributed by atoms with Gasteiger partial charge in [-0.3, -0.25) is 4.79 Å². The van der Waals surface area contributed by atoms with Crippen LogP contribution < -0.4 is 11.1 Å². The molecule has 1 amide bonds. The van der Waals surface area contributed by atoms with Crippen molar-refractivity contribution in [3.05, 3.63) is 72.7 Å². The van der Waals surface area contributed by atoms with Crippen molar-refractivity contribution in [2.45, 2.75) is 13.0 Å². The number of esters is 1. The van der Waals surface area contributed by atoms with Gasteiger partial charge in [0.15, 0.2) is 17.6 Å². The molecule has 1 atom stereocenters. The molecule has 0 saturated heterocycles. The summed E-state index contributed by atoms with van der Waals surface area (Å²) in [6.07, 6.45) is 1.65. The van der Waals surface area contributed by atoms with Crippen LogP contribution in [-0.2, 0) is 9.53 Å². The van der Waals surface area contributed by atoms with Crippen molar-refractivity contribution in [1.29, 1.82) is 0 Å². The third-order valence-corrected chi connectivity index (χ3v) is 3.84. The monoisotopic (exact) mass is 362 g/mol. The van der Waals surface area contributed by atoms with Gasteiger partial charge in [-0.2, -0.15) is 0 Å². The van der Waals surface area contributed by atoms with Gasteiger partial charge in [0.2, 0.25) is 0 Å². The molecule has 7 nitrogen and oxygen atoms in total. The fourth-order valence-electron chi connectivity index (χ4n) is 2.47. The van der Waals surface area contributed by atoms with E-state index in [0.717, 1.165) is 11.1 Å². The van der Waals surface area contributed by atoms with Crippen molar-refractivity contribution < 1.29 is 14.3 Å². The molecule has 1 aromatic heterocycles. The van der Waals surface area contributed by atoms with Crippen LogP contribution in [0, 0.1) is 0 Å². The van der Waals surface area contributed by atoms with Crippen LogP contribution in [0.5, 0.6) is 0 Å². The summed E-state index contributed by atoms with van der Waals surface area (Å²) in [5.74, 6) is -1.32. The highest BCUT2D eigenvalue weighted by Gasteiger charge is 2.22. The predicted octanol–water partition coefficient (Wildman–Crippen LogP) is 2.91. The Morgan fingerprint density at radius 3 is 2.41 bits per heavy atom.